The van der Waals surface area contributed by atoms with E-state index in [-0.39, 0.29) is 5.91 Å². The molecule has 2 aromatic heterocycles. The highest BCUT2D eigenvalue weighted by molar-refractivity contribution is 7.98. The lowest BCUT2D eigenvalue weighted by Crippen LogP contribution is -2.23. The minimum atomic E-state index is -0.191. The number of anilines is 1. The van der Waals surface area contributed by atoms with Crippen molar-refractivity contribution >= 4 is 46.7 Å². The monoisotopic (exact) mass is 391 g/mol. The van der Waals surface area contributed by atoms with E-state index < -0.39 is 0 Å². The second-order valence-electron chi connectivity index (χ2n) is 5.34. The van der Waals surface area contributed by atoms with E-state index >= 15 is 0 Å². The Kier molecular flexibility index (Phi) is 4.15. The number of H-pyrrole nitrogens is 1. The van der Waals surface area contributed by atoms with Gasteiger partial charge in [0.15, 0.2) is 5.16 Å². The standard InChI is InChI=1S/C16H11Cl2N5OS/c1-25-16-20-13(9-3-2-8(17)6-11(9)18)10-7-23(12-4-5-19-22-12)15(24)14(10)21-16/h2-6H,7H2,1H3,(H,19,22). The summed E-state index contributed by atoms with van der Waals surface area (Å²) >= 11 is 13.7. The summed E-state index contributed by atoms with van der Waals surface area (Å²) in [6, 6.07) is 6.96. The minimum absolute atomic E-state index is 0.191. The van der Waals surface area contributed by atoms with Gasteiger partial charge in [-0.2, -0.15) is 5.10 Å². The van der Waals surface area contributed by atoms with Gasteiger partial charge in [-0.3, -0.25) is 14.8 Å². The van der Waals surface area contributed by atoms with Crippen molar-refractivity contribution in [2.45, 2.75) is 11.7 Å². The maximum atomic E-state index is 12.8. The number of aromatic amines is 1. The molecule has 0 spiro atoms. The Labute approximate surface area is 157 Å². The predicted octanol–water partition coefficient (Wildman–Crippen LogP) is 4.06. The van der Waals surface area contributed by atoms with Crippen molar-refractivity contribution in [3.63, 3.8) is 0 Å². The molecule has 0 atom stereocenters. The summed E-state index contributed by atoms with van der Waals surface area (Å²) < 4.78 is 0. The van der Waals surface area contributed by atoms with Crippen LogP contribution in [0.5, 0.6) is 0 Å². The maximum Gasteiger partial charge on any atom is 0.278 e. The SMILES string of the molecule is CSc1nc2c(c(-c3ccc(Cl)cc3Cl)n1)CN(c1ccn[nH]1)C2=O. The smallest absolute Gasteiger partial charge is 0.278 e. The summed E-state index contributed by atoms with van der Waals surface area (Å²) in [5.41, 5.74) is 2.49. The fourth-order valence-corrected chi connectivity index (χ4v) is 3.60. The molecule has 3 heterocycles. The van der Waals surface area contributed by atoms with Crippen LogP contribution in [-0.2, 0) is 6.54 Å². The first-order valence-electron chi connectivity index (χ1n) is 7.30. The quantitative estimate of drug-likeness (QED) is 0.538. The molecule has 0 fully saturated rings. The molecule has 6 nitrogen and oxygen atoms in total. The molecular weight excluding hydrogens is 381 g/mol. The molecule has 25 heavy (non-hydrogen) atoms. The summed E-state index contributed by atoms with van der Waals surface area (Å²) in [5, 5.41) is 8.25. The van der Waals surface area contributed by atoms with Crippen LogP contribution in [0.4, 0.5) is 5.82 Å². The number of hydrogen-bond acceptors (Lipinski definition) is 5. The van der Waals surface area contributed by atoms with Crippen LogP contribution in [-0.4, -0.2) is 32.3 Å². The van der Waals surface area contributed by atoms with Gasteiger partial charge in [-0.05, 0) is 24.5 Å². The molecule has 0 bridgehead atoms. The van der Waals surface area contributed by atoms with E-state index in [1.165, 1.54) is 11.8 Å². The molecule has 1 N–H and O–H groups in total. The Morgan fingerprint density at radius 1 is 1.20 bits per heavy atom. The van der Waals surface area contributed by atoms with Crippen molar-refractivity contribution in [2.24, 2.45) is 0 Å². The van der Waals surface area contributed by atoms with E-state index in [1.54, 1.807) is 35.4 Å². The average Bonchev–Trinajstić information content (AvgIpc) is 3.23. The Hall–Kier alpha value is -2.09. The summed E-state index contributed by atoms with van der Waals surface area (Å²) in [5.74, 6) is 0.421. The normalized spacial score (nSPS) is 13.4. The van der Waals surface area contributed by atoms with Crippen LogP contribution in [0, 0.1) is 0 Å². The largest absolute Gasteiger partial charge is 0.287 e. The van der Waals surface area contributed by atoms with Gasteiger partial charge in [0.1, 0.15) is 11.5 Å². The average molecular weight is 392 g/mol. The Morgan fingerprint density at radius 3 is 2.68 bits per heavy atom. The topological polar surface area (TPSA) is 74.8 Å². The molecule has 1 aliphatic rings. The van der Waals surface area contributed by atoms with Crippen LogP contribution in [0.2, 0.25) is 10.0 Å². The number of nitrogens with zero attached hydrogens (tertiary/aromatic N) is 4. The molecule has 0 saturated carbocycles. The molecule has 3 aromatic rings. The molecule has 1 aromatic carbocycles. The van der Waals surface area contributed by atoms with Crippen molar-refractivity contribution in [3.8, 4) is 11.3 Å². The van der Waals surface area contributed by atoms with Gasteiger partial charge in [-0.1, -0.05) is 35.0 Å². The van der Waals surface area contributed by atoms with Gasteiger partial charge >= 0.3 is 0 Å². The molecule has 1 aliphatic heterocycles. The van der Waals surface area contributed by atoms with Crippen LogP contribution in [0.1, 0.15) is 16.1 Å². The summed E-state index contributed by atoms with van der Waals surface area (Å²) in [6.45, 7) is 0.347. The van der Waals surface area contributed by atoms with Gasteiger partial charge < -0.3 is 0 Å². The second kappa shape index (κ2) is 6.33. The molecular formula is C16H11Cl2N5OS. The number of fused-ring (bicyclic) bond motifs is 1. The number of carbonyl (C=O) groups excluding carboxylic acids is 1. The number of rotatable bonds is 3. The summed E-state index contributed by atoms with van der Waals surface area (Å²) in [7, 11) is 0. The minimum Gasteiger partial charge on any atom is -0.287 e. The third-order valence-corrected chi connectivity index (χ3v) is 4.99. The van der Waals surface area contributed by atoms with Gasteiger partial charge in [0.2, 0.25) is 0 Å². The first kappa shape index (κ1) is 16.4. The van der Waals surface area contributed by atoms with Crippen LogP contribution in [0.25, 0.3) is 11.3 Å². The zero-order valence-electron chi connectivity index (χ0n) is 13.0. The van der Waals surface area contributed by atoms with E-state index in [4.69, 9.17) is 23.2 Å². The number of thioether (sulfide) groups is 1. The van der Waals surface area contributed by atoms with Gasteiger partial charge in [-0.15, -0.1) is 0 Å². The molecule has 126 valence electrons. The van der Waals surface area contributed by atoms with E-state index in [1.807, 2.05) is 6.26 Å². The van der Waals surface area contributed by atoms with Crippen LogP contribution in [0.15, 0.2) is 35.6 Å². The van der Waals surface area contributed by atoms with E-state index in [2.05, 4.69) is 20.2 Å². The first-order chi connectivity index (χ1) is 12.1. The third kappa shape index (κ3) is 2.78. The van der Waals surface area contributed by atoms with E-state index in [0.29, 0.717) is 39.0 Å². The van der Waals surface area contributed by atoms with Crippen molar-refractivity contribution in [1.29, 1.82) is 0 Å². The summed E-state index contributed by atoms with van der Waals surface area (Å²) in [4.78, 5) is 23.4. The number of benzene rings is 1. The fraction of sp³-hybridized carbons (Fsp3) is 0.125. The molecule has 0 radical (unpaired) electrons. The Bertz CT molecular complexity index is 977. The highest BCUT2D eigenvalue weighted by Crippen LogP contribution is 2.37. The summed E-state index contributed by atoms with van der Waals surface area (Å²) in [6.07, 6.45) is 3.46. The van der Waals surface area contributed by atoms with E-state index in [9.17, 15) is 4.79 Å². The van der Waals surface area contributed by atoms with Crippen LogP contribution in [0.3, 0.4) is 0 Å². The van der Waals surface area contributed by atoms with Gasteiger partial charge in [0.05, 0.1) is 23.5 Å². The number of hydrogen-bond donors (Lipinski definition) is 1. The van der Waals surface area contributed by atoms with Gasteiger partial charge in [0.25, 0.3) is 5.91 Å². The number of aromatic nitrogens is 4. The van der Waals surface area contributed by atoms with Gasteiger partial charge in [0, 0.05) is 22.2 Å². The van der Waals surface area contributed by atoms with Gasteiger partial charge in [-0.25, -0.2) is 9.97 Å². The van der Waals surface area contributed by atoms with Crippen LogP contribution >= 0.6 is 35.0 Å². The highest BCUT2D eigenvalue weighted by Gasteiger charge is 2.34. The molecule has 1 amide bonds. The lowest BCUT2D eigenvalue weighted by Gasteiger charge is -2.12. The Balaban J connectivity index is 1.89. The molecule has 0 unspecified atom stereocenters. The molecule has 0 saturated heterocycles. The lowest BCUT2D eigenvalue weighted by molar-refractivity contribution is 0.0991. The Morgan fingerprint density at radius 2 is 2.00 bits per heavy atom. The second-order valence-corrected chi connectivity index (χ2v) is 6.96. The molecule has 0 aliphatic carbocycles. The van der Waals surface area contributed by atoms with Crippen LogP contribution < -0.4 is 4.90 Å². The zero-order chi connectivity index (χ0) is 17.6. The molecule has 9 heteroatoms. The maximum absolute atomic E-state index is 12.8. The van der Waals surface area contributed by atoms with Crippen molar-refractivity contribution in [1.82, 2.24) is 20.2 Å². The third-order valence-electron chi connectivity index (χ3n) is 3.90. The lowest BCUT2D eigenvalue weighted by atomic mass is 10.1. The van der Waals surface area contributed by atoms with Crippen molar-refractivity contribution < 1.29 is 4.79 Å². The fourth-order valence-electron chi connectivity index (χ4n) is 2.74. The van der Waals surface area contributed by atoms with Crippen molar-refractivity contribution in [3.05, 3.63) is 51.8 Å². The van der Waals surface area contributed by atoms with E-state index in [0.717, 1.165) is 11.1 Å². The zero-order valence-corrected chi connectivity index (χ0v) is 15.3. The number of nitrogens with one attached hydrogen (secondary N) is 1. The van der Waals surface area contributed by atoms with Crippen molar-refractivity contribution in [2.75, 3.05) is 11.2 Å². The first-order valence-corrected chi connectivity index (χ1v) is 9.28. The number of halogens is 2. The number of carbonyl (C=O) groups is 1. The highest BCUT2D eigenvalue weighted by atomic mass is 35.5. The number of amides is 1. The predicted molar refractivity (Wildman–Crippen MR) is 98.4 cm³/mol. The molecule has 4 rings (SSSR count).